The van der Waals surface area contributed by atoms with Crippen LogP contribution < -0.4 is 5.32 Å². The standard InChI is InChI=1S/C14H15N3O2S/c1-10-8-17-11(9-20-14(17)16-10)4-5-13(18)15-7-12-3-2-6-19-12/h2-3,6,8-9H,4-5,7H2,1H3,(H,15,18). The number of carbonyl (C=O) groups excluding carboxylic acids is 1. The third-order valence-electron chi connectivity index (χ3n) is 3.05. The van der Waals surface area contributed by atoms with Crippen LogP contribution in [0.15, 0.2) is 34.4 Å². The Kier molecular flexibility index (Phi) is 3.56. The molecule has 0 aliphatic rings. The first kappa shape index (κ1) is 12.9. The highest BCUT2D eigenvalue weighted by molar-refractivity contribution is 7.15. The quantitative estimate of drug-likeness (QED) is 0.785. The highest BCUT2D eigenvalue weighted by Gasteiger charge is 2.08. The van der Waals surface area contributed by atoms with E-state index in [2.05, 4.69) is 20.1 Å². The number of hydrogen-bond donors (Lipinski definition) is 1. The van der Waals surface area contributed by atoms with Crippen molar-refractivity contribution in [1.29, 1.82) is 0 Å². The van der Waals surface area contributed by atoms with Gasteiger partial charge in [0.15, 0.2) is 4.96 Å². The van der Waals surface area contributed by atoms with E-state index in [0.717, 1.165) is 22.1 Å². The zero-order chi connectivity index (χ0) is 13.9. The molecule has 0 bridgehead atoms. The summed E-state index contributed by atoms with van der Waals surface area (Å²) in [6, 6.07) is 3.65. The fourth-order valence-electron chi connectivity index (χ4n) is 2.05. The average Bonchev–Trinajstić information content (AvgIpc) is 3.11. The molecular weight excluding hydrogens is 274 g/mol. The second kappa shape index (κ2) is 5.50. The zero-order valence-electron chi connectivity index (χ0n) is 11.1. The van der Waals surface area contributed by atoms with Gasteiger partial charge in [0.05, 0.1) is 18.5 Å². The maximum absolute atomic E-state index is 11.8. The number of imidazole rings is 1. The van der Waals surface area contributed by atoms with Crippen LogP contribution >= 0.6 is 11.3 Å². The van der Waals surface area contributed by atoms with Gasteiger partial charge in [0.1, 0.15) is 5.76 Å². The molecule has 3 rings (SSSR count). The molecule has 0 fully saturated rings. The largest absolute Gasteiger partial charge is 0.467 e. The van der Waals surface area contributed by atoms with E-state index in [4.69, 9.17) is 4.42 Å². The number of aromatic nitrogens is 2. The SMILES string of the molecule is Cc1cn2c(CCC(=O)NCc3ccco3)csc2n1. The van der Waals surface area contributed by atoms with E-state index in [1.54, 1.807) is 17.6 Å². The van der Waals surface area contributed by atoms with Crippen LogP contribution in [0, 0.1) is 6.92 Å². The Bertz CT molecular complexity index is 712. The number of fused-ring (bicyclic) bond motifs is 1. The van der Waals surface area contributed by atoms with Crippen molar-refractivity contribution in [3.8, 4) is 0 Å². The number of amides is 1. The van der Waals surface area contributed by atoms with Gasteiger partial charge in [-0.25, -0.2) is 4.98 Å². The van der Waals surface area contributed by atoms with E-state index in [-0.39, 0.29) is 5.91 Å². The van der Waals surface area contributed by atoms with E-state index in [0.29, 0.717) is 19.4 Å². The van der Waals surface area contributed by atoms with Crippen LogP contribution in [-0.4, -0.2) is 15.3 Å². The lowest BCUT2D eigenvalue weighted by Gasteiger charge is -2.03. The van der Waals surface area contributed by atoms with Gasteiger partial charge in [-0.05, 0) is 25.5 Å². The second-order valence-electron chi connectivity index (χ2n) is 4.62. The Hall–Kier alpha value is -2.08. The molecular formula is C14H15N3O2S. The molecule has 0 spiro atoms. The lowest BCUT2D eigenvalue weighted by atomic mass is 10.2. The van der Waals surface area contributed by atoms with Crippen molar-refractivity contribution in [2.24, 2.45) is 0 Å². The molecule has 3 heterocycles. The first-order valence-electron chi connectivity index (χ1n) is 6.43. The Morgan fingerprint density at radius 3 is 3.25 bits per heavy atom. The lowest BCUT2D eigenvalue weighted by Crippen LogP contribution is -2.22. The van der Waals surface area contributed by atoms with Gasteiger partial charge in [0.25, 0.3) is 0 Å². The Morgan fingerprint density at radius 2 is 2.45 bits per heavy atom. The van der Waals surface area contributed by atoms with Crippen LogP contribution in [-0.2, 0) is 17.8 Å². The van der Waals surface area contributed by atoms with Gasteiger partial charge in [0, 0.05) is 23.7 Å². The molecule has 0 aliphatic heterocycles. The van der Waals surface area contributed by atoms with E-state index in [9.17, 15) is 4.79 Å². The normalized spacial score (nSPS) is 11.1. The topological polar surface area (TPSA) is 59.5 Å². The van der Waals surface area contributed by atoms with Crippen LogP contribution in [0.4, 0.5) is 0 Å². The van der Waals surface area contributed by atoms with Gasteiger partial charge in [-0.2, -0.15) is 0 Å². The molecule has 0 aromatic carbocycles. The summed E-state index contributed by atoms with van der Waals surface area (Å²) in [6.45, 7) is 2.41. The fraction of sp³-hybridized carbons (Fsp3) is 0.286. The Morgan fingerprint density at radius 1 is 1.55 bits per heavy atom. The van der Waals surface area contributed by atoms with Gasteiger partial charge in [-0.15, -0.1) is 11.3 Å². The maximum atomic E-state index is 11.8. The summed E-state index contributed by atoms with van der Waals surface area (Å²) in [6.07, 6.45) is 4.77. The van der Waals surface area contributed by atoms with Crippen molar-refractivity contribution in [3.63, 3.8) is 0 Å². The van der Waals surface area contributed by atoms with Crippen molar-refractivity contribution in [2.45, 2.75) is 26.3 Å². The molecule has 3 aromatic heterocycles. The van der Waals surface area contributed by atoms with Crippen LogP contribution in [0.2, 0.25) is 0 Å². The third kappa shape index (κ3) is 2.75. The maximum Gasteiger partial charge on any atom is 0.220 e. The number of nitrogens with zero attached hydrogens (tertiary/aromatic N) is 2. The van der Waals surface area contributed by atoms with Crippen molar-refractivity contribution in [2.75, 3.05) is 0 Å². The van der Waals surface area contributed by atoms with Crippen LogP contribution in [0.5, 0.6) is 0 Å². The molecule has 0 radical (unpaired) electrons. The molecule has 3 aromatic rings. The smallest absolute Gasteiger partial charge is 0.220 e. The van der Waals surface area contributed by atoms with Gasteiger partial charge in [-0.3, -0.25) is 9.20 Å². The highest BCUT2D eigenvalue weighted by atomic mass is 32.1. The predicted octanol–water partition coefficient (Wildman–Crippen LogP) is 2.55. The molecule has 1 amide bonds. The molecule has 0 saturated carbocycles. The molecule has 104 valence electrons. The summed E-state index contributed by atoms with van der Waals surface area (Å²) < 4.78 is 7.22. The summed E-state index contributed by atoms with van der Waals surface area (Å²) in [5.74, 6) is 0.791. The zero-order valence-corrected chi connectivity index (χ0v) is 11.9. The lowest BCUT2D eigenvalue weighted by molar-refractivity contribution is -0.121. The van der Waals surface area contributed by atoms with Crippen molar-refractivity contribution in [1.82, 2.24) is 14.7 Å². The summed E-state index contributed by atoms with van der Waals surface area (Å²) in [5.41, 5.74) is 2.12. The second-order valence-corrected chi connectivity index (χ2v) is 5.45. The minimum atomic E-state index is 0.0255. The fourth-order valence-corrected chi connectivity index (χ4v) is 3.00. The van der Waals surface area contributed by atoms with E-state index in [1.807, 2.05) is 25.3 Å². The van der Waals surface area contributed by atoms with Crippen molar-refractivity contribution < 1.29 is 9.21 Å². The number of rotatable bonds is 5. The number of nitrogens with one attached hydrogen (secondary N) is 1. The molecule has 5 nitrogen and oxygen atoms in total. The number of furan rings is 1. The summed E-state index contributed by atoms with van der Waals surface area (Å²) in [7, 11) is 0. The van der Waals surface area contributed by atoms with E-state index >= 15 is 0 Å². The molecule has 20 heavy (non-hydrogen) atoms. The van der Waals surface area contributed by atoms with Crippen LogP contribution in [0.1, 0.15) is 23.6 Å². The van der Waals surface area contributed by atoms with E-state index < -0.39 is 0 Å². The highest BCUT2D eigenvalue weighted by Crippen LogP contribution is 2.17. The monoisotopic (exact) mass is 289 g/mol. The van der Waals surface area contributed by atoms with Crippen LogP contribution in [0.25, 0.3) is 4.96 Å². The van der Waals surface area contributed by atoms with Gasteiger partial charge >= 0.3 is 0 Å². The predicted molar refractivity (Wildman–Crippen MR) is 76.7 cm³/mol. The van der Waals surface area contributed by atoms with E-state index in [1.165, 1.54) is 0 Å². The van der Waals surface area contributed by atoms with Gasteiger partial charge in [0.2, 0.25) is 5.91 Å². The number of carbonyl (C=O) groups is 1. The summed E-state index contributed by atoms with van der Waals surface area (Å²) in [4.78, 5) is 17.2. The van der Waals surface area contributed by atoms with Crippen molar-refractivity contribution in [3.05, 3.63) is 47.1 Å². The van der Waals surface area contributed by atoms with Gasteiger partial charge in [-0.1, -0.05) is 0 Å². The number of aryl methyl sites for hydroxylation is 2. The molecule has 1 N–H and O–H groups in total. The third-order valence-corrected chi connectivity index (χ3v) is 3.94. The molecule has 0 atom stereocenters. The van der Waals surface area contributed by atoms with Crippen molar-refractivity contribution >= 4 is 22.2 Å². The molecule has 0 saturated heterocycles. The molecule has 0 unspecified atom stereocenters. The minimum absolute atomic E-state index is 0.0255. The average molecular weight is 289 g/mol. The molecule has 6 heteroatoms. The summed E-state index contributed by atoms with van der Waals surface area (Å²) in [5, 5.41) is 4.90. The first-order chi connectivity index (χ1) is 9.72. The Labute approximate surface area is 120 Å². The van der Waals surface area contributed by atoms with Crippen LogP contribution in [0.3, 0.4) is 0 Å². The van der Waals surface area contributed by atoms with Gasteiger partial charge < -0.3 is 9.73 Å². The number of hydrogen-bond acceptors (Lipinski definition) is 4. The Balaban J connectivity index is 1.54. The summed E-state index contributed by atoms with van der Waals surface area (Å²) >= 11 is 1.60. The number of thiazole rings is 1. The molecule has 0 aliphatic carbocycles. The minimum Gasteiger partial charge on any atom is -0.467 e. The first-order valence-corrected chi connectivity index (χ1v) is 7.31.